The summed E-state index contributed by atoms with van der Waals surface area (Å²) in [5, 5.41) is 1.12. The third-order valence-corrected chi connectivity index (χ3v) is 4.81. The van der Waals surface area contributed by atoms with E-state index in [0.717, 1.165) is 24.3 Å². The van der Waals surface area contributed by atoms with Gasteiger partial charge in [0, 0.05) is 12.6 Å². The van der Waals surface area contributed by atoms with E-state index in [9.17, 15) is 0 Å². The fourth-order valence-electron chi connectivity index (χ4n) is 2.91. The number of rotatable bonds is 5. The molecule has 4 heteroatoms. The van der Waals surface area contributed by atoms with Crippen LogP contribution < -0.4 is 10.6 Å². The summed E-state index contributed by atoms with van der Waals surface area (Å²) in [6, 6.07) is 4.29. The molecule has 0 aromatic heterocycles. The number of anilines is 2. The summed E-state index contributed by atoms with van der Waals surface area (Å²) >= 11 is 12.2. The molecule has 1 aliphatic carbocycles. The second-order valence-electron chi connectivity index (χ2n) is 6.14. The Labute approximate surface area is 132 Å². The van der Waals surface area contributed by atoms with Crippen LogP contribution in [0.15, 0.2) is 12.1 Å². The summed E-state index contributed by atoms with van der Waals surface area (Å²) in [5.41, 5.74) is 7.96. The molecule has 1 aromatic carbocycles. The van der Waals surface area contributed by atoms with Crippen molar-refractivity contribution in [2.45, 2.75) is 52.0 Å². The maximum absolute atomic E-state index is 6.19. The molecule has 0 saturated heterocycles. The smallest absolute Gasteiger partial charge is 0.0618 e. The normalized spacial score (nSPS) is 16.1. The third kappa shape index (κ3) is 3.73. The maximum Gasteiger partial charge on any atom is 0.0618 e. The minimum atomic E-state index is 0.531. The topological polar surface area (TPSA) is 29.3 Å². The highest BCUT2D eigenvalue weighted by molar-refractivity contribution is 6.42. The molecule has 112 valence electrons. The highest BCUT2D eigenvalue weighted by Crippen LogP contribution is 2.37. The molecule has 2 nitrogen and oxygen atoms in total. The van der Waals surface area contributed by atoms with Gasteiger partial charge in [0.15, 0.2) is 0 Å². The zero-order valence-electron chi connectivity index (χ0n) is 12.3. The van der Waals surface area contributed by atoms with Gasteiger partial charge in [-0.05, 0) is 37.3 Å². The van der Waals surface area contributed by atoms with E-state index in [1.807, 2.05) is 6.07 Å². The van der Waals surface area contributed by atoms with Crippen LogP contribution in [0.5, 0.6) is 0 Å². The number of hydrogen-bond donors (Lipinski definition) is 1. The molecular weight excluding hydrogens is 291 g/mol. The Balaban J connectivity index is 2.27. The number of nitrogens with two attached hydrogens (primary N) is 1. The van der Waals surface area contributed by atoms with E-state index in [4.69, 9.17) is 28.9 Å². The summed E-state index contributed by atoms with van der Waals surface area (Å²) in [6.07, 6.45) is 6.28. The van der Waals surface area contributed by atoms with Gasteiger partial charge in [0.2, 0.25) is 0 Å². The van der Waals surface area contributed by atoms with E-state index in [2.05, 4.69) is 18.7 Å². The van der Waals surface area contributed by atoms with E-state index in [0.29, 0.717) is 22.0 Å². The summed E-state index contributed by atoms with van der Waals surface area (Å²) < 4.78 is 0. The Morgan fingerprint density at radius 2 is 1.80 bits per heavy atom. The summed E-state index contributed by atoms with van der Waals surface area (Å²) in [5.74, 6) is 0.683. The third-order valence-electron chi connectivity index (χ3n) is 4.09. The molecular formula is C16H24Cl2N2. The SMILES string of the molecule is CC(C)CCN(c1cc(Cl)c(Cl)cc1N)C1CCCC1. The summed E-state index contributed by atoms with van der Waals surface area (Å²) in [4.78, 5) is 2.45. The molecule has 0 bridgehead atoms. The van der Waals surface area contributed by atoms with Gasteiger partial charge in [-0.15, -0.1) is 0 Å². The lowest BCUT2D eigenvalue weighted by Crippen LogP contribution is -2.35. The fraction of sp³-hybridized carbons (Fsp3) is 0.625. The Morgan fingerprint density at radius 3 is 2.40 bits per heavy atom. The lowest BCUT2D eigenvalue weighted by molar-refractivity contribution is 0.529. The van der Waals surface area contributed by atoms with Gasteiger partial charge in [0.05, 0.1) is 21.4 Å². The first-order valence-corrected chi connectivity index (χ1v) is 8.25. The van der Waals surface area contributed by atoms with Crippen LogP contribution in [0.1, 0.15) is 46.0 Å². The Hall–Kier alpha value is -0.600. The molecule has 0 atom stereocenters. The standard InChI is InChI=1S/C16H24Cl2N2/c1-11(2)7-8-20(12-5-3-4-6-12)16-10-14(18)13(17)9-15(16)19/h9-12H,3-8,19H2,1-2H3. The zero-order valence-corrected chi connectivity index (χ0v) is 13.8. The number of nitrogen functional groups attached to an aromatic ring is 1. The molecule has 0 aliphatic heterocycles. The Morgan fingerprint density at radius 1 is 1.20 bits per heavy atom. The predicted molar refractivity (Wildman–Crippen MR) is 89.9 cm³/mol. The lowest BCUT2D eigenvalue weighted by atomic mass is 10.1. The molecule has 20 heavy (non-hydrogen) atoms. The Bertz CT molecular complexity index is 454. The molecule has 0 spiro atoms. The van der Waals surface area contributed by atoms with E-state index < -0.39 is 0 Å². The fourth-order valence-corrected chi connectivity index (χ4v) is 3.24. The number of hydrogen-bond acceptors (Lipinski definition) is 2. The van der Waals surface area contributed by atoms with Crippen molar-refractivity contribution in [1.29, 1.82) is 0 Å². The summed E-state index contributed by atoms with van der Waals surface area (Å²) in [7, 11) is 0. The van der Waals surface area contributed by atoms with Crippen LogP contribution in [0.2, 0.25) is 10.0 Å². The van der Waals surface area contributed by atoms with Crippen LogP contribution in [-0.4, -0.2) is 12.6 Å². The van der Waals surface area contributed by atoms with Gasteiger partial charge in [-0.2, -0.15) is 0 Å². The molecule has 0 amide bonds. The minimum absolute atomic E-state index is 0.531. The average Bonchev–Trinajstić information content (AvgIpc) is 2.89. The Kier molecular flexibility index (Phi) is 5.45. The van der Waals surface area contributed by atoms with Gasteiger partial charge >= 0.3 is 0 Å². The van der Waals surface area contributed by atoms with Crippen molar-refractivity contribution in [1.82, 2.24) is 0 Å². The lowest BCUT2D eigenvalue weighted by Gasteiger charge is -2.33. The van der Waals surface area contributed by atoms with E-state index in [1.165, 1.54) is 25.7 Å². The quantitative estimate of drug-likeness (QED) is 0.740. The monoisotopic (exact) mass is 314 g/mol. The van der Waals surface area contributed by atoms with Crippen molar-refractivity contribution in [2.24, 2.45) is 5.92 Å². The van der Waals surface area contributed by atoms with Crippen LogP contribution >= 0.6 is 23.2 Å². The average molecular weight is 315 g/mol. The molecule has 1 fully saturated rings. The highest BCUT2D eigenvalue weighted by Gasteiger charge is 2.24. The van der Waals surface area contributed by atoms with Crippen LogP contribution in [0.3, 0.4) is 0 Å². The van der Waals surface area contributed by atoms with Gasteiger partial charge in [-0.1, -0.05) is 49.9 Å². The molecule has 0 radical (unpaired) electrons. The molecule has 1 saturated carbocycles. The zero-order chi connectivity index (χ0) is 14.7. The van der Waals surface area contributed by atoms with E-state index in [-0.39, 0.29) is 0 Å². The van der Waals surface area contributed by atoms with Crippen LogP contribution in [0, 0.1) is 5.92 Å². The minimum Gasteiger partial charge on any atom is -0.397 e. The second-order valence-corrected chi connectivity index (χ2v) is 6.95. The van der Waals surface area contributed by atoms with Crippen molar-refractivity contribution in [3.05, 3.63) is 22.2 Å². The van der Waals surface area contributed by atoms with Gasteiger partial charge in [-0.3, -0.25) is 0 Å². The number of benzene rings is 1. The number of nitrogens with zero attached hydrogens (tertiary/aromatic N) is 1. The van der Waals surface area contributed by atoms with Gasteiger partial charge in [0.1, 0.15) is 0 Å². The second kappa shape index (κ2) is 6.91. The van der Waals surface area contributed by atoms with Crippen LogP contribution in [-0.2, 0) is 0 Å². The van der Waals surface area contributed by atoms with Gasteiger partial charge in [0.25, 0.3) is 0 Å². The largest absolute Gasteiger partial charge is 0.397 e. The molecule has 2 N–H and O–H groups in total. The first-order chi connectivity index (χ1) is 9.49. The van der Waals surface area contributed by atoms with Crippen molar-refractivity contribution >= 4 is 34.6 Å². The maximum atomic E-state index is 6.19. The van der Waals surface area contributed by atoms with Gasteiger partial charge in [-0.25, -0.2) is 0 Å². The molecule has 2 rings (SSSR count). The molecule has 1 aliphatic rings. The van der Waals surface area contributed by atoms with Gasteiger partial charge < -0.3 is 10.6 Å². The van der Waals surface area contributed by atoms with Crippen molar-refractivity contribution in [2.75, 3.05) is 17.2 Å². The highest BCUT2D eigenvalue weighted by atomic mass is 35.5. The van der Waals surface area contributed by atoms with Crippen molar-refractivity contribution in [3.8, 4) is 0 Å². The first kappa shape index (κ1) is 15.8. The molecule has 0 unspecified atom stereocenters. The van der Waals surface area contributed by atoms with E-state index in [1.54, 1.807) is 6.07 Å². The van der Waals surface area contributed by atoms with Crippen molar-refractivity contribution < 1.29 is 0 Å². The molecule has 0 heterocycles. The van der Waals surface area contributed by atoms with Crippen molar-refractivity contribution in [3.63, 3.8) is 0 Å². The summed E-state index contributed by atoms with van der Waals surface area (Å²) in [6.45, 7) is 5.54. The van der Waals surface area contributed by atoms with Crippen LogP contribution in [0.4, 0.5) is 11.4 Å². The van der Waals surface area contributed by atoms with Crippen LogP contribution in [0.25, 0.3) is 0 Å². The molecule has 1 aromatic rings. The van der Waals surface area contributed by atoms with E-state index >= 15 is 0 Å². The number of halogens is 2. The predicted octanol–water partition coefficient (Wildman–Crippen LogP) is 5.37. The first-order valence-electron chi connectivity index (χ1n) is 7.50.